The van der Waals surface area contributed by atoms with Crippen LogP contribution >= 0.6 is 0 Å². The van der Waals surface area contributed by atoms with Crippen molar-refractivity contribution in [2.45, 2.75) is 25.4 Å². The number of nitrogens with zero attached hydrogens (tertiary/aromatic N) is 2. The van der Waals surface area contributed by atoms with Crippen molar-refractivity contribution < 1.29 is 14.3 Å². The first-order valence-corrected chi connectivity index (χ1v) is 6.81. The van der Waals surface area contributed by atoms with E-state index in [1.54, 1.807) is 12.2 Å². The largest absolute Gasteiger partial charge is 0.508 e. The van der Waals surface area contributed by atoms with Crippen LogP contribution in [-0.2, 0) is 4.84 Å². The quantitative estimate of drug-likeness (QED) is 0.896. The zero-order valence-electron chi connectivity index (χ0n) is 11.4. The van der Waals surface area contributed by atoms with Gasteiger partial charge in [-0.05, 0) is 37.0 Å². The summed E-state index contributed by atoms with van der Waals surface area (Å²) in [5.74, 6) is 0.424. The van der Waals surface area contributed by atoms with Crippen molar-refractivity contribution in [1.82, 2.24) is 4.98 Å². The number of aliphatic hydroxyl groups is 1. The molecule has 0 radical (unpaired) electrons. The number of nitrogens with two attached hydrogens (primary N) is 1. The fourth-order valence-corrected chi connectivity index (χ4v) is 2.54. The molecule has 0 saturated carbocycles. The summed E-state index contributed by atoms with van der Waals surface area (Å²) < 4.78 is 13.3. The number of hydrogen-bond acceptors (Lipinski definition) is 5. The fraction of sp³-hybridized carbons (Fsp3) is 0.333. The van der Waals surface area contributed by atoms with Gasteiger partial charge < -0.3 is 15.7 Å². The van der Waals surface area contributed by atoms with Gasteiger partial charge in [-0.3, -0.25) is 0 Å². The summed E-state index contributed by atoms with van der Waals surface area (Å²) in [7, 11) is 0. The lowest BCUT2D eigenvalue weighted by molar-refractivity contribution is 0.0857. The summed E-state index contributed by atoms with van der Waals surface area (Å²) in [6.45, 7) is 0. The molecule has 110 valence electrons. The minimum Gasteiger partial charge on any atom is -0.508 e. The Balaban J connectivity index is 1.63. The molecule has 2 atom stereocenters. The Bertz CT molecular complexity index is 640. The maximum atomic E-state index is 13.3. The first-order chi connectivity index (χ1) is 10.1. The molecule has 0 amide bonds. The highest BCUT2D eigenvalue weighted by atomic mass is 19.1. The second-order valence-electron chi connectivity index (χ2n) is 5.27. The van der Waals surface area contributed by atoms with E-state index >= 15 is 0 Å². The standard InChI is InChI=1S/C15H16FN3O2/c16-10-6-13(15(17)18-8-10)14-7-11(19-21-14)5-9-1-3-12(20)4-2-9/h1,3-4,6,8-9,14,20H,2,5,7H2,(H2,17,18). The number of aromatic nitrogens is 1. The Morgan fingerprint density at radius 1 is 1.48 bits per heavy atom. The molecule has 21 heavy (non-hydrogen) atoms. The van der Waals surface area contributed by atoms with Gasteiger partial charge in [-0.15, -0.1) is 0 Å². The molecule has 3 rings (SSSR count). The van der Waals surface area contributed by atoms with E-state index in [0.717, 1.165) is 24.8 Å². The van der Waals surface area contributed by atoms with Crippen LogP contribution in [0, 0.1) is 11.7 Å². The second-order valence-corrected chi connectivity index (χ2v) is 5.27. The zero-order chi connectivity index (χ0) is 14.8. The lowest BCUT2D eigenvalue weighted by Crippen LogP contribution is -2.09. The lowest BCUT2D eigenvalue weighted by atomic mass is 9.92. The van der Waals surface area contributed by atoms with E-state index in [1.165, 1.54) is 6.07 Å². The molecule has 6 heteroatoms. The fourth-order valence-electron chi connectivity index (χ4n) is 2.54. The number of aliphatic hydroxyl groups excluding tert-OH is 1. The van der Waals surface area contributed by atoms with Crippen LogP contribution in [0.1, 0.15) is 30.9 Å². The van der Waals surface area contributed by atoms with Gasteiger partial charge in [0, 0.05) is 12.0 Å². The van der Waals surface area contributed by atoms with Gasteiger partial charge in [0.25, 0.3) is 0 Å². The highest BCUT2D eigenvalue weighted by Crippen LogP contribution is 2.33. The van der Waals surface area contributed by atoms with Crippen LogP contribution in [0.3, 0.4) is 0 Å². The molecule has 0 aromatic carbocycles. The smallest absolute Gasteiger partial charge is 0.161 e. The molecular formula is C15H16FN3O2. The molecule has 3 N–H and O–H groups in total. The van der Waals surface area contributed by atoms with Crippen molar-refractivity contribution in [2.24, 2.45) is 11.1 Å². The Morgan fingerprint density at radius 2 is 2.33 bits per heavy atom. The summed E-state index contributed by atoms with van der Waals surface area (Å²) in [6, 6.07) is 1.34. The molecule has 2 unspecified atom stereocenters. The van der Waals surface area contributed by atoms with Crippen molar-refractivity contribution in [3.8, 4) is 0 Å². The zero-order valence-corrected chi connectivity index (χ0v) is 11.4. The normalized spacial score (nSPS) is 24.4. The number of pyridine rings is 1. The van der Waals surface area contributed by atoms with Crippen molar-refractivity contribution in [1.29, 1.82) is 0 Å². The third kappa shape index (κ3) is 3.04. The third-order valence-corrected chi connectivity index (χ3v) is 3.66. The molecule has 1 aliphatic heterocycles. The number of allylic oxidation sites excluding steroid dienone is 3. The predicted octanol–water partition coefficient (Wildman–Crippen LogP) is 3.03. The van der Waals surface area contributed by atoms with E-state index in [0.29, 0.717) is 23.7 Å². The highest BCUT2D eigenvalue weighted by Gasteiger charge is 2.27. The number of rotatable bonds is 3. The van der Waals surface area contributed by atoms with Crippen LogP contribution in [-0.4, -0.2) is 15.8 Å². The summed E-state index contributed by atoms with van der Waals surface area (Å²) in [5, 5.41) is 13.4. The van der Waals surface area contributed by atoms with Gasteiger partial charge in [-0.25, -0.2) is 9.37 Å². The summed E-state index contributed by atoms with van der Waals surface area (Å²) in [4.78, 5) is 9.16. The first-order valence-electron chi connectivity index (χ1n) is 6.81. The molecule has 0 saturated heterocycles. The Labute approximate surface area is 121 Å². The molecular weight excluding hydrogens is 273 g/mol. The van der Waals surface area contributed by atoms with Crippen LogP contribution in [0.5, 0.6) is 0 Å². The van der Waals surface area contributed by atoms with E-state index in [1.807, 2.05) is 6.08 Å². The van der Waals surface area contributed by atoms with Crippen molar-refractivity contribution in [3.63, 3.8) is 0 Å². The van der Waals surface area contributed by atoms with Gasteiger partial charge in [0.05, 0.1) is 11.9 Å². The molecule has 2 heterocycles. The van der Waals surface area contributed by atoms with Gasteiger partial charge in [0.15, 0.2) is 6.10 Å². The molecule has 0 bridgehead atoms. The number of halogens is 1. The van der Waals surface area contributed by atoms with Crippen LogP contribution in [0.4, 0.5) is 10.2 Å². The number of oxime groups is 1. The Hall–Kier alpha value is -2.37. The first kappa shape index (κ1) is 13.6. The maximum absolute atomic E-state index is 13.3. The van der Waals surface area contributed by atoms with E-state index in [-0.39, 0.29) is 11.9 Å². The topological polar surface area (TPSA) is 80.7 Å². The molecule has 1 aromatic heterocycles. The Morgan fingerprint density at radius 3 is 3.10 bits per heavy atom. The van der Waals surface area contributed by atoms with Gasteiger partial charge >= 0.3 is 0 Å². The van der Waals surface area contributed by atoms with Crippen molar-refractivity contribution >= 4 is 11.5 Å². The van der Waals surface area contributed by atoms with Crippen molar-refractivity contribution in [3.05, 3.63) is 47.6 Å². The SMILES string of the molecule is Nc1ncc(F)cc1C1CC(CC2C=CC(O)=CC2)=NO1. The van der Waals surface area contributed by atoms with Gasteiger partial charge in [0.2, 0.25) is 0 Å². The van der Waals surface area contributed by atoms with E-state index < -0.39 is 5.82 Å². The summed E-state index contributed by atoms with van der Waals surface area (Å²) in [6.07, 6.45) is 8.25. The van der Waals surface area contributed by atoms with Crippen LogP contribution in [0.15, 0.2) is 41.4 Å². The maximum Gasteiger partial charge on any atom is 0.161 e. The molecule has 1 aromatic rings. The van der Waals surface area contributed by atoms with E-state index in [4.69, 9.17) is 10.6 Å². The van der Waals surface area contributed by atoms with Gasteiger partial charge in [-0.2, -0.15) is 0 Å². The lowest BCUT2D eigenvalue weighted by Gasteiger charge is -2.13. The third-order valence-electron chi connectivity index (χ3n) is 3.66. The van der Waals surface area contributed by atoms with Crippen LogP contribution in [0.25, 0.3) is 0 Å². The average Bonchev–Trinajstić information content (AvgIpc) is 2.92. The highest BCUT2D eigenvalue weighted by molar-refractivity contribution is 5.86. The summed E-state index contributed by atoms with van der Waals surface area (Å²) in [5.41, 5.74) is 7.20. The number of hydrogen-bond donors (Lipinski definition) is 2. The minimum atomic E-state index is -0.438. The van der Waals surface area contributed by atoms with E-state index in [2.05, 4.69) is 10.1 Å². The summed E-state index contributed by atoms with van der Waals surface area (Å²) >= 11 is 0. The average molecular weight is 289 g/mol. The molecule has 1 aliphatic carbocycles. The molecule has 5 nitrogen and oxygen atoms in total. The molecule has 0 fully saturated rings. The van der Waals surface area contributed by atoms with Gasteiger partial charge in [-0.1, -0.05) is 11.2 Å². The second kappa shape index (κ2) is 5.55. The van der Waals surface area contributed by atoms with Crippen LogP contribution in [0.2, 0.25) is 0 Å². The van der Waals surface area contributed by atoms with Crippen LogP contribution < -0.4 is 5.73 Å². The monoisotopic (exact) mass is 289 g/mol. The molecule has 0 spiro atoms. The number of nitrogen functional groups attached to an aromatic ring is 1. The van der Waals surface area contributed by atoms with E-state index in [9.17, 15) is 9.50 Å². The minimum absolute atomic E-state index is 0.267. The number of anilines is 1. The Kier molecular flexibility index (Phi) is 3.60. The predicted molar refractivity (Wildman–Crippen MR) is 77.1 cm³/mol. The van der Waals surface area contributed by atoms with Gasteiger partial charge in [0.1, 0.15) is 17.4 Å². The van der Waals surface area contributed by atoms with Crippen molar-refractivity contribution in [2.75, 3.05) is 5.73 Å². The molecule has 2 aliphatic rings.